The van der Waals surface area contributed by atoms with Gasteiger partial charge in [0, 0.05) is 42.7 Å². The van der Waals surface area contributed by atoms with Gasteiger partial charge in [0.05, 0.1) is 24.6 Å². The molecule has 1 saturated heterocycles. The molecule has 2 aliphatic rings. The summed E-state index contributed by atoms with van der Waals surface area (Å²) < 4.78 is 1.90. The molecule has 1 fully saturated rings. The van der Waals surface area contributed by atoms with Gasteiger partial charge in [0.25, 0.3) is 5.91 Å². The van der Waals surface area contributed by atoms with Crippen LogP contribution >= 0.6 is 0 Å². The van der Waals surface area contributed by atoms with Gasteiger partial charge in [-0.1, -0.05) is 6.92 Å². The molecule has 0 radical (unpaired) electrons. The number of rotatable bonds is 4. The largest absolute Gasteiger partial charge is 0.364 e. The van der Waals surface area contributed by atoms with Crippen LogP contribution in [0.25, 0.3) is 0 Å². The molecule has 0 saturated carbocycles. The number of amides is 2. The Balaban J connectivity index is 1.64. The van der Waals surface area contributed by atoms with E-state index in [9.17, 15) is 9.59 Å². The Bertz CT molecular complexity index is 919. The number of aromatic nitrogens is 4. The van der Waals surface area contributed by atoms with Crippen LogP contribution in [0.15, 0.2) is 12.4 Å². The number of nitrogens with two attached hydrogens (primary N) is 1. The highest BCUT2D eigenvalue weighted by molar-refractivity contribution is 5.95. The molecule has 0 spiro atoms. The lowest BCUT2D eigenvalue weighted by Gasteiger charge is -2.32. The van der Waals surface area contributed by atoms with Crippen LogP contribution in [-0.2, 0) is 11.3 Å². The van der Waals surface area contributed by atoms with Gasteiger partial charge in [-0.2, -0.15) is 5.10 Å². The summed E-state index contributed by atoms with van der Waals surface area (Å²) in [4.78, 5) is 36.6. The Labute approximate surface area is 163 Å². The van der Waals surface area contributed by atoms with E-state index in [-0.39, 0.29) is 17.9 Å². The molecule has 1 atom stereocenters. The van der Waals surface area contributed by atoms with Crippen molar-refractivity contribution >= 4 is 23.5 Å². The van der Waals surface area contributed by atoms with E-state index in [4.69, 9.17) is 5.73 Å². The molecule has 28 heavy (non-hydrogen) atoms. The predicted molar refractivity (Wildman–Crippen MR) is 104 cm³/mol. The first-order chi connectivity index (χ1) is 13.4. The van der Waals surface area contributed by atoms with Crippen LogP contribution in [0.5, 0.6) is 0 Å². The molecule has 4 rings (SSSR count). The van der Waals surface area contributed by atoms with Crippen LogP contribution in [0, 0.1) is 0 Å². The minimum absolute atomic E-state index is 0.111. The number of primary amides is 1. The van der Waals surface area contributed by atoms with Crippen LogP contribution in [0.1, 0.15) is 67.3 Å². The highest BCUT2D eigenvalue weighted by Crippen LogP contribution is 2.34. The molecule has 9 nitrogen and oxygen atoms in total. The van der Waals surface area contributed by atoms with Gasteiger partial charge < -0.3 is 15.5 Å². The monoisotopic (exact) mass is 383 g/mol. The lowest BCUT2D eigenvalue weighted by Crippen LogP contribution is -2.35. The van der Waals surface area contributed by atoms with Gasteiger partial charge >= 0.3 is 0 Å². The third-order valence-corrected chi connectivity index (χ3v) is 5.37. The molecule has 2 aromatic rings. The fourth-order valence-corrected chi connectivity index (χ4v) is 4.12. The number of carbonyl (C=O) groups excluding carboxylic acids is 2. The molecular weight excluding hydrogens is 358 g/mol. The van der Waals surface area contributed by atoms with Crippen molar-refractivity contribution in [3.63, 3.8) is 0 Å². The first kappa shape index (κ1) is 18.4. The molecule has 4 heterocycles. The van der Waals surface area contributed by atoms with Gasteiger partial charge in [-0.3, -0.25) is 14.3 Å². The van der Waals surface area contributed by atoms with Crippen molar-refractivity contribution in [1.82, 2.24) is 19.7 Å². The second-order valence-electron chi connectivity index (χ2n) is 7.79. The maximum absolute atomic E-state index is 11.9. The first-order valence-electron chi connectivity index (χ1n) is 9.65. The van der Waals surface area contributed by atoms with E-state index in [2.05, 4.69) is 22.0 Å². The predicted octanol–water partition coefficient (Wildman–Crippen LogP) is 1.60. The number of hydrogen-bond donors (Lipinski definition) is 1. The fourth-order valence-electron chi connectivity index (χ4n) is 4.12. The van der Waals surface area contributed by atoms with E-state index >= 15 is 0 Å². The molecule has 2 aliphatic heterocycles. The molecule has 9 heteroatoms. The van der Waals surface area contributed by atoms with Gasteiger partial charge in [0.2, 0.25) is 11.9 Å². The molecule has 1 unspecified atom stereocenters. The summed E-state index contributed by atoms with van der Waals surface area (Å²) in [7, 11) is 0. The average Bonchev–Trinajstić information content (AvgIpc) is 3.26. The van der Waals surface area contributed by atoms with E-state index < -0.39 is 5.91 Å². The van der Waals surface area contributed by atoms with E-state index in [0.29, 0.717) is 37.7 Å². The quantitative estimate of drug-likeness (QED) is 0.859. The summed E-state index contributed by atoms with van der Waals surface area (Å²) in [6.07, 6.45) is 4.82. The van der Waals surface area contributed by atoms with Crippen molar-refractivity contribution < 1.29 is 9.59 Å². The van der Waals surface area contributed by atoms with E-state index in [1.165, 1.54) is 0 Å². The van der Waals surface area contributed by atoms with Gasteiger partial charge in [-0.25, -0.2) is 9.97 Å². The summed E-state index contributed by atoms with van der Waals surface area (Å²) in [6.45, 7) is 8.09. The zero-order valence-electron chi connectivity index (χ0n) is 16.4. The lowest BCUT2D eigenvalue weighted by atomic mass is 9.96. The molecule has 148 valence electrons. The second-order valence-corrected chi connectivity index (χ2v) is 7.79. The van der Waals surface area contributed by atoms with Crippen LogP contribution in [0.3, 0.4) is 0 Å². The third kappa shape index (κ3) is 3.00. The van der Waals surface area contributed by atoms with Crippen molar-refractivity contribution in [1.29, 1.82) is 0 Å². The van der Waals surface area contributed by atoms with Gasteiger partial charge in [-0.05, 0) is 20.3 Å². The molecule has 0 bridgehead atoms. The van der Waals surface area contributed by atoms with Crippen molar-refractivity contribution in [3.8, 4) is 0 Å². The van der Waals surface area contributed by atoms with E-state index in [1.807, 2.05) is 23.4 Å². The molecule has 2 amide bonds. The smallest absolute Gasteiger partial charge is 0.269 e. The topological polar surface area (TPSA) is 110 Å². The fraction of sp³-hybridized carbons (Fsp3) is 0.526. The Kier molecular flexibility index (Phi) is 4.52. The second kappa shape index (κ2) is 6.88. The Morgan fingerprint density at radius 2 is 2.00 bits per heavy atom. The van der Waals surface area contributed by atoms with Gasteiger partial charge in [0.15, 0.2) is 5.69 Å². The minimum Gasteiger partial charge on any atom is -0.364 e. The Morgan fingerprint density at radius 3 is 2.57 bits per heavy atom. The van der Waals surface area contributed by atoms with Crippen molar-refractivity contribution in [3.05, 3.63) is 29.3 Å². The zero-order valence-corrected chi connectivity index (χ0v) is 16.4. The van der Waals surface area contributed by atoms with Crippen LogP contribution in [0.4, 0.5) is 11.6 Å². The minimum atomic E-state index is -0.520. The normalized spacial score (nSPS) is 19.4. The van der Waals surface area contributed by atoms with E-state index in [0.717, 1.165) is 23.4 Å². The van der Waals surface area contributed by atoms with Crippen LogP contribution < -0.4 is 15.5 Å². The Morgan fingerprint density at radius 1 is 1.29 bits per heavy atom. The maximum Gasteiger partial charge on any atom is 0.269 e. The molecule has 2 aromatic heterocycles. The van der Waals surface area contributed by atoms with E-state index in [1.54, 1.807) is 17.3 Å². The van der Waals surface area contributed by atoms with Crippen molar-refractivity contribution in [2.45, 2.75) is 52.1 Å². The third-order valence-electron chi connectivity index (χ3n) is 5.37. The molecule has 0 aliphatic carbocycles. The maximum atomic E-state index is 11.9. The number of fused-ring (bicyclic) bond motifs is 1. The summed E-state index contributed by atoms with van der Waals surface area (Å²) in [5, 5.41) is 4.47. The van der Waals surface area contributed by atoms with Crippen LogP contribution in [-0.4, -0.2) is 44.7 Å². The van der Waals surface area contributed by atoms with Gasteiger partial charge in [-0.15, -0.1) is 0 Å². The highest BCUT2D eigenvalue weighted by atomic mass is 16.2. The number of anilines is 2. The summed E-state index contributed by atoms with van der Waals surface area (Å²) in [5.41, 5.74) is 8.53. The van der Waals surface area contributed by atoms with Gasteiger partial charge in [0.1, 0.15) is 0 Å². The highest BCUT2D eigenvalue weighted by Gasteiger charge is 2.33. The Hall–Kier alpha value is -2.97. The summed E-state index contributed by atoms with van der Waals surface area (Å²) in [6, 6.07) is 0.143. The standard InChI is InChI=1S/C19H25N7O2/c1-11(2)26-17-12(3)9-24(10-14(17)16(23-26)18(20)28)19-21-7-13(8-22-19)25-6-4-5-15(25)27/h7-8,11-12H,4-6,9-10H2,1-3H3,(H2,20,28). The van der Waals surface area contributed by atoms with Crippen LogP contribution in [0.2, 0.25) is 0 Å². The zero-order chi connectivity index (χ0) is 20.0. The lowest BCUT2D eigenvalue weighted by molar-refractivity contribution is -0.117. The molecule has 0 aromatic carbocycles. The van der Waals surface area contributed by atoms with Crippen molar-refractivity contribution in [2.24, 2.45) is 5.73 Å². The summed E-state index contributed by atoms with van der Waals surface area (Å²) in [5.74, 6) is 0.309. The SMILES string of the molecule is CC1CN(c2ncc(N3CCCC3=O)cn2)Cc2c(C(N)=O)nn(C(C)C)c21. The summed E-state index contributed by atoms with van der Waals surface area (Å²) >= 11 is 0. The van der Waals surface area contributed by atoms with Crippen molar-refractivity contribution in [2.75, 3.05) is 22.9 Å². The number of nitrogens with zero attached hydrogens (tertiary/aromatic N) is 6. The number of carbonyl (C=O) groups is 2. The number of hydrogen-bond acceptors (Lipinski definition) is 6. The average molecular weight is 383 g/mol. The first-order valence-corrected chi connectivity index (χ1v) is 9.65. The molecule has 2 N–H and O–H groups in total. The molecular formula is C19H25N7O2.